The molecule has 0 aromatic heterocycles. The lowest BCUT2D eigenvalue weighted by Crippen LogP contribution is -2.47. The molecule has 5 nitrogen and oxygen atoms in total. The summed E-state index contributed by atoms with van der Waals surface area (Å²) >= 11 is 5.91. The Morgan fingerprint density at radius 1 is 1.07 bits per heavy atom. The van der Waals surface area contributed by atoms with E-state index in [0.717, 1.165) is 11.1 Å². The lowest BCUT2D eigenvalue weighted by atomic mass is 9.96. The molecular weight excluding hydrogens is 374 g/mol. The zero-order valence-corrected chi connectivity index (χ0v) is 16.8. The number of piperidine rings is 1. The Balaban J connectivity index is 1.43. The van der Waals surface area contributed by atoms with Gasteiger partial charge in [0.1, 0.15) is 0 Å². The highest BCUT2D eigenvalue weighted by Crippen LogP contribution is 2.20. The summed E-state index contributed by atoms with van der Waals surface area (Å²) in [5, 5.41) is 6.70. The van der Waals surface area contributed by atoms with Crippen molar-refractivity contribution < 1.29 is 9.59 Å². The van der Waals surface area contributed by atoms with Crippen molar-refractivity contribution in [3.05, 3.63) is 70.7 Å². The number of hydrogen-bond donors (Lipinski definition) is 2. The molecule has 2 N–H and O–H groups in total. The maximum Gasteiger partial charge on any atom is 0.317 e. The van der Waals surface area contributed by atoms with Gasteiger partial charge >= 0.3 is 6.03 Å². The Hall–Kier alpha value is -2.53. The van der Waals surface area contributed by atoms with Gasteiger partial charge in [-0.2, -0.15) is 0 Å². The van der Waals surface area contributed by atoms with E-state index >= 15 is 0 Å². The average molecular weight is 400 g/mol. The summed E-state index contributed by atoms with van der Waals surface area (Å²) in [5.41, 5.74) is 2.09. The second-order valence-corrected chi connectivity index (χ2v) is 7.62. The Morgan fingerprint density at radius 3 is 2.36 bits per heavy atom. The summed E-state index contributed by atoms with van der Waals surface area (Å²) in [6.07, 6.45) is 1.37. The second kappa shape index (κ2) is 9.60. The van der Waals surface area contributed by atoms with Gasteiger partial charge in [0.05, 0.1) is 6.04 Å². The average Bonchev–Trinajstić information content (AvgIpc) is 2.73. The van der Waals surface area contributed by atoms with Crippen molar-refractivity contribution in [3.8, 4) is 0 Å². The summed E-state index contributed by atoms with van der Waals surface area (Å²) in [7, 11) is 0. The minimum Gasteiger partial charge on any atom is -0.352 e. The van der Waals surface area contributed by atoms with E-state index in [1.54, 1.807) is 4.90 Å². The molecule has 3 amide bonds. The van der Waals surface area contributed by atoms with Crippen molar-refractivity contribution >= 4 is 23.5 Å². The van der Waals surface area contributed by atoms with Crippen LogP contribution < -0.4 is 10.6 Å². The number of carbonyl (C=O) groups is 2. The first-order chi connectivity index (χ1) is 13.5. The molecule has 2 aromatic carbocycles. The van der Waals surface area contributed by atoms with Crippen molar-refractivity contribution in [2.24, 2.45) is 5.92 Å². The number of rotatable bonds is 5. The number of nitrogens with one attached hydrogen (secondary N) is 2. The number of amides is 3. The number of nitrogens with zero attached hydrogens (tertiary/aromatic N) is 1. The molecule has 148 valence electrons. The van der Waals surface area contributed by atoms with Crippen LogP contribution in [0.3, 0.4) is 0 Å². The lowest BCUT2D eigenvalue weighted by Gasteiger charge is -2.32. The van der Waals surface area contributed by atoms with Crippen LogP contribution >= 0.6 is 11.6 Å². The molecule has 1 heterocycles. The van der Waals surface area contributed by atoms with Crippen LogP contribution in [-0.4, -0.2) is 29.9 Å². The molecule has 1 aliphatic heterocycles. The van der Waals surface area contributed by atoms with Gasteiger partial charge < -0.3 is 15.5 Å². The van der Waals surface area contributed by atoms with Crippen LogP contribution in [0.15, 0.2) is 54.6 Å². The van der Waals surface area contributed by atoms with E-state index in [-0.39, 0.29) is 23.9 Å². The highest BCUT2D eigenvalue weighted by atomic mass is 35.5. The molecular formula is C22H26ClN3O2. The van der Waals surface area contributed by atoms with E-state index in [1.807, 2.05) is 61.5 Å². The molecule has 0 spiro atoms. The fraction of sp³-hybridized carbons (Fsp3) is 0.364. The number of urea groups is 1. The SMILES string of the molecule is CC(NC(=O)N1CCC(C(=O)NCc2ccccc2)CC1)c1ccc(Cl)cc1. The van der Waals surface area contributed by atoms with Crippen molar-refractivity contribution in [1.82, 2.24) is 15.5 Å². The number of benzene rings is 2. The molecule has 1 saturated heterocycles. The van der Waals surface area contributed by atoms with Gasteiger partial charge in [-0.15, -0.1) is 0 Å². The van der Waals surface area contributed by atoms with E-state index < -0.39 is 0 Å². The molecule has 1 fully saturated rings. The van der Waals surface area contributed by atoms with Gasteiger partial charge in [0, 0.05) is 30.6 Å². The minimum absolute atomic E-state index is 0.0403. The molecule has 1 unspecified atom stereocenters. The van der Waals surface area contributed by atoms with E-state index in [4.69, 9.17) is 11.6 Å². The van der Waals surface area contributed by atoms with Crippen molar-refractivity contribution in [3.63, 3.8) is 0 Å². The van der Waals surface area contributed by atoms with Gasteiger partial charge in [-0.05, 0) is 43.0 Å². The van der Waals surface area contributed by atoms with E-state index in [9.17, 15) is 9.59 Å². The Bertz CT molecular complexity index is 787. The first-order valence-electron chi connectivity index (χ1n) is 9.65. The van der Waals surface area contributed by atoms with E-state index in [2.05, 4.69) is 10.6 Å². The van der Waals surface area contributed by atoms with Crippen molar-refractivity contribution in [2.75, 3.05) is 13.1 Å². The zero-order chi connectivity index (χ0) is 19.9. The smallest absolute Gasteiger partial charge is 0.317 e. The quantitative estimate of drug-likeness (QED) is 0.793. The molecule has 0 saturated carbocycles. The third kappa shape index (κ3) is 5.49. The molecule has 28 heavy (non-hydrogen) atoms. The molecule has 1 aliphatic rings. The molecule has 1 atom stereocenters. The number of carbonyl (C=O) groups excluding carboxylic acids is 2. The number of likely N-dealkylation sites (tertiary alicyclic amines) is 1. The van der Waals surface area contributed by atoms with Crippen LogP contribution in [0.5, 0.6) is 0 Å². The summed E-state index contributed by atoms with van der Waals surface area (Å²) in [6, 6.07) is 17.1. The Morgan fingerprint density at radius 2 is 1.71 bits per heavy atom. The molecule has 0 radical (unpaired) electrons. The number of hydrogen-bond acceptors (Lipinski definition) is 2. The third-order valence-corrected chi connectivity index (χ3v) is 5.42. The van der Waals surface area contributed by atoms with E-state index in [1.165, 1.54) is 0 Å². The zero-order valence-electron chi connectivity index (χ0n) is 16.0. The van der Waals surface area contributed by atoms with Crippen LogP contribution in [0.25, 0.3) is 0 Å². The van der Waals surface area contributed by atoms with Crippen LogP contribution in [0.1, 0.15) is 36.9 Å². The molecule has 2 aromatic rings. The lowest BCUT2D eigenvalue weighted by molar-refractivity contribution is -0.126. The largest absolute Gasteiger partial charge is 0.352 e. The predicted molar refractivity (Wildman–Crippen MR) is 111 cm³/mol. The fourth-order valence-corrected chi connectivity index (χ4v) is 3.51. The molecule has 6 heteroatoms. The Kier molecular flexibility index (Phi) is 6.93. The monoisotopic (exact) mass is 399 g/mol. The van der Waals surface area contributed by atoms with Gasteiger partial charge in [0.2, 0.25) is 5.91 Å². The van der Waals surface area contributed by atoms with Gasteiger partial charge in [-0.1, -0.05) is 54.1 Å². The first kappa shape index (κ1) is 20.2. The molecule has 0 bridgehead atoms. The normalized spacial score (nSPS) is 15.7. The van der Waals surface area contributed by atoms with Crippen LogP contribution in [-0.2, 0) is 11.3 Å². The predicted octanol–water partition coefficient (Wildman–Crippen LogP) is 4.14. The summed E-state index contributed by atoms with van der Waals surface area (Å²) < 4.78 is 0. The maximum absolute atomic E-state index is 12.5. The highest BCUT2D eigenvalue weighted by molar-refractivity contribution is 6.30. The second-order valence-electron chi connectivity index (χ2n) is 7.19. The summed E-state index contributed by atoms with van der Waals surface area (Å²) in [4.78, 5) is 26.7. The summed E-state index contributed by atoms with van der Waals surface area (Å²) in [5.74, 6) is 0.0277. The maximum atomic E-state index is 12.5. The number of halogens is 1. The Labute approximate surface area is 171 Å². The van der Waals surface area contributed by atoms with Crippen molar-refractivity contribution in [1.29, 1.82) is 0 Å². The molecule has 0 aliphatic carbocycles. The van der Waals surface area contributed by atoms with Crippen molar-refractivity contribution in [2.45, 2.75) is 32.4 Å². The van der Waals surface area contributed by atoms with Crippen LogP contribution in [0, 0.1) is 5.92 Å². The fourth-order valence-electron chi connectivity index (χ4n) is 3.39. The first-order valence-corrected chi connectivity index (χ1v) is 10.0. The van der Waals surface area contributed by atoms with Crippen LogP contribution in [0.2, 0.25) is 5.02 Å². The minimum atomic E-state index is -0.100. The van der Waals surface area contributed by atoms with Gasteiger partial charge in [0.15, 0.2) is 0 Å². The van der Waals surface area contributed by atoms with E-state index in [0.29, 0.717) is 37.5 Å². The summed E-state index contributed by atoms with van der Waals surface area (Å²) in [6.45, 7) is 3.66. The standard InChI is InChI=1S/C22H26ClN3O2/c1-16(18-7-9-20(23)10-8-18)25-22(28)26-13-11-19(12-14-26)21(27)24-15-17-5-3-2-4-6-17/h2-10,16,19H,11-15H2,1H3,(H,24,27)(H,25,28). The highest BCUT2D eigenvalue weighted by Gasteiger charge is 2.27. The van der Waals surface area contributed by atoms with Gasteiger partial charge in [-0.25, -0.2) is 4.79 Å². The topological polar surface area (TPSA) is 61.4 Å². The third-order valence-electron chi connectivity index (χ3n) is 5.17. The van der Waals surface area contributed by atoms with Gasteiger partial charge in [-0.3, -0.25) is 4.79 Å². The van der Waals surface area contributed by atoms with Crippen LogP contribution in [0.4, 0.5) is 4.79 Å². The molecule has 3 rings (SSSR count). The van der Waals surface area contributed by atoms with Gasteiger partial charge in [0.25, 0.3) is 0 Å².